The lowest BCUT2D eigenvalue weighted by Gasteiger charge is -2.28. The van der Waals surface area contributed by atoms with E-state index in [2.05, 4.69) is 52.6 Å². The zero-order chi connectivity index (χ0) is 24.4. The molecule has 34 heavy (non-hydrogen) atoms. The van der Waals surface area contributed by atoms with E-state index in [0.29, 0.717) is 24.0 Å². The van der Waals surface area contributed by atoms with Crippen LogP contribution in [-0.4, -0.2) is 37.1 Å². The van der Waals surface area contributed by atoms with E-state index in [0.717, 1.165) is 40.4 Å². The van der Waals surface area contributed by atoms with E-state index in [1.807, 2.05) is 24.3 Å². The first-order valence-electron chi connectivity index (χ1n) is 11.4. The highest BCUT2D eigenvalue weighted by Crippen LogP contribution is 2.33. The number of benzene rings is 2. The van der Waals surface area contributed by atoms with Crippen LogP contribution in [0.3, 0.4) is 0 Å². The van der Waals surface area contributed by atoms with Gasteiger partial charge in [0, 0.05) is 20.7 Å². The highest BCUT2D eigenvalue weighted by atomic mass is 35.5. The summed E-state index contributed by atoms with van der Waals surface area (Å²) in [4.78, 5) is 13.7. The number of hydrogen-bond acceptors (Lipinski definition) is 5. The normalized spacial score (nSPS) is 16.6. The Kier molecular flexibility index (Phi) is 9.93. The molecule has 1 aliphatic carbocycles. The van der Waals surface area contributed by atoms with Crippen molar-refractivity contribution < 1.29 is 19.4 Å². The number of ether oxygens (including phenoxy) is 2. The Morgan fingerprint density at radius 2 is 2.06 bits per heavy atom. The SMILES string of the molecule is COC(=O)NC(C)(CO)CCCc1ccc(Sc2cccc(OCC3C=CC=CC3)c2)cc1Cl. The zero-order valence-corrected chi connectivity index (χ0v) is 21.2. The first-order chi connectivity index (χ1) is 16.4. The largest absolute Gasteiger partial charge is 0.493 e. The van der Waals surface area contributed by atoms with Crippen LogP contribution < -0.4 is 10.1 Å². The molecule has 0 saturated carbocycles. The summed E-state index contributed by atoms with van der Waals surface area (Å²) in [7, 11) is 1.31. The number of allylic oxidation sites excluding steroid dienone is 3. The van der Waals surface area contributed by atoms with E-state index >= 15 is 0 Å². The van der Waals surface area contributed by atoms with E-state index in [-0.39, 0.29) is 6.61 Å². The van der Waals surface area contributed by atoms with E-state index in [9.17, 15) is 9.90 Å². The lowest BCUT2D eigenvalue weighted by atomic mass is 9.94. The fourth-order valence-electron chi connectivity index (χ4n) is 3.66. The number of hydrogen-bond donors (Lipinski definition) is 2. The Morgan fingerprint density at radius 1 is 1.24 bits per heavy atom. The van der Waals surface area contributed by atoms with Crippen molar-refractivity contribution >= 4 is 29.5 Å². The van der Waals surface area contributed by atoms with E-state index < -0.39 is 11.6 Å². The number of aliphatic hydroxyl groups excluding tert-OH is 1. The van der Waals surface area contributed by atoms with Crippen LogP contribution in [-0.2, 0) is 11.2 Å². The summed E-state index contributed by atoms with van der Waals surface area (Å²) in [5.74, 6) is 1.28. The van der Waals surface area contributed by atoms with Gasteiger partial charge in [-0.3, -0.25) is 0 Å². The van der Waals surface area contributed by atoms with Crippen LogP contribution in [0.5, 0.6) is 5.75 Å². The van der Waals surface area contributed by atoms with Gasteiger partial charge in [0.25, 0.3) is 0 Å². The number of rotatable bonds is 11. The Bertz CT molecular complexity index is 1030. The van der Waals surface area contributed by atoms with Crippen LogP contribution in [0.25, 0.3) is 0 Å². The molecule has 0 heterocycles. The number of carbonyl (C=O) groups excluding carboxylic acids is 1. The fourth-order valence-corrected chi connectivity index (χ4v) is 4.91. The molecule has 1 amide bonds. The lowest BCUT2D eigenvalue weighted by molar-refractivity contribution is 0.127. The molecule has 0 aliphatic heterocycles. The molecule has 0 bridgehead atoms. The predicted molar refractivity (Wildman–Crippen MR) is 138 cm³/mol. The van der Waals surface area contributed by atoms with E-state index in [1.165, 1.54) is 7.11 Å². The molecule has 1 aliphatic rings. The van der Waals surface area contributed by atoms with Crippen LogP contribution in [0, 0.1) is 5.92 Å². The minimum absolute atomic E-state index is 0.164. The van der Waals surface area contributed by atoms with Gasteiger partial charge in [0.2, 0.25) is 0 Å². The van der Waals surface area contributed by atoms with Gasteiger partial charge in [0.15, 0.2) is 0 Å². The zero-order valence-electron chi connectivity index (χ0n) is 19.6. The highest BCUT2D eigenvalue weighted by molar-refractivity contribution is 7.99. The van der Waals surface area contributed by atoms with Crippen molar-refractivity contribution in [1.82, 2.24) is 5.32 Å². The summed E-state index contributed by atoms with van der Waals surface area (Å²) in [6, 6.07) is 14.2. The standard InChI is InChI=1S/C27H32ClNO4S/c1-27(19-30,29-26(31)32-2)15-7-10-21-13-14-24(17-25(21)28)34-23-12-6-11-22(16-23)33-18-20-8-4-3-5-9-20/h3-6,8,11-14,16-17,20,30H,7,9-10,15,18-19H2,1-2H3,(H,29,31). The van der Waals surface area contributed by atoms with Gasteiger partial charge in [-0.1, -0.05) is 59.8 Å². The summed E-state index contributed by atoms with van der Waals surface area (Å²) < 4.78 is 10.6. The molecule has 3 rings (SSSR count). The van der Waals surface area contributed by atoms with Gasteiger partial charge in [0.05, 0.1) is 25.9 Å². The van der Waals surface area contributed by atoms with Crippen molar-refractivity contribution in [3.8, 4) is 5.75 Å². The second kappa shape index (κ2) is 12.9. The summed E-state index contributed by atoms with van der Waals surface area (Å²) in [5, 5.41) is 13.1. The van der Waals surface area contributed by atoms with Gasteiger partial charge in [-0.05, 0) is 68.5 Å². The number of aryl methyl sites for hydroxylation is 1. The first kappa shape index (κ1) is 26.2. The maximum atomic E-state index is 11.5. The highest BCUT2D eigenvalue weighted by Gasteiger charge is 2.25. The second-order valence-electron chi connectivity index (χ2n) is 8.64. The van der Waals surface area contributed by atoms with Gasteiger partial charge in [0.1, 0.15) is 5.75 Å². The molecule has 2 aromatic rings. The molecule has 0 aromatic heterocycles. The number of alkyl carbamates (subject to hydrolysis) is 1. The van der Waals surface area contributed by atoms with Crippen molar-refractivity contribution in [3.05, 3.63) is 77.4 Å². The van der Waals surface area contributed by atoms with Crippen LogP contribution in [0.15, 0.2) is 76.6 Å². The minimum Gasteiger partial charge on any atom is -0.493 e. The molecule has 2 N–H and O–H groups in total. The topological polar surface area (TPSA) is 67.8 Å². The molecule has 0 spiro atoms. The molecule has 5 nitrogen and oxygen atoms in total. The van der Waals surface area contributed by atoms with Crippen molar-refractivity contribution in [1.29, 1.82) is 0 Å². The van der Waals surface area contributed by atoms with Crippen LogP contribution in [0.1, 0.15) is 31.7 Å². The van der Waals surface area contributed by atoms with Gasteiger partial charge in [-0.25, -0.2) is 4.79 Å². The van der Waals surface area contributed by atoms with Crippen molar-refractivity contribution in [2.45, 2.75) is 47.9 Å². The van der Waals surface area contributed by atoms with Crippen molar-refractivity contribution in [3.63, 3.8) is 0 Å². The minimum atomic E-state index is -0.730. The number of methoxy groups -OCH3 is 1. The van der Waals surface area contributed by atoms with Gasteiger partial charge >= 0.3 is 6.09 Å². The first-order valence-corrected chi connectivity index (χ1v) is 12.6. The molecule has 0 saturated heterocycles. The fraction of sp³-hybridized carbons (Fsp3) is 0.370. The monoisotopic (exact) mass is 501 g/mol. The maximum Gasteiger partial charge on any atom is 0.407 e. The Morgan fingerprint density at radius 3 is 2.76 bits per heavy atom. The van der Waals surface area contributed by atoms with Crippen molar-refractivity contribution in [2.24, 2.45) is 5.92 Å². The van der Waals surface area contributed by atoms with Crippen LogP contribution in [0.2, 0.25) is 5.02 Å². The molecule has 0 fully saturated rings. The third-order valence-electron chi connectivity index (χ3n) is 5.71. The number of carbonyl (C=O) groups is 1. The Hall–Kier alpha value is -2.41. The summed E-state index contributed by atoms with van der Waals surface area (Å²) in [6.45, 7) is 2.30. The maximum absolute atomic E-state index is 11.5. The third kappa shape index (κ3) is 8.12. The quantitative estimate of drug-likeness (QED) is 0.371. The summed E-state index contributed by atoms with van der Waals surface area (Å²) in [5.41, 5.74) is 0.308. The van der Waals surface area contributed by atoms with Crippen molar-refractivity contribution in [2.75, 3.05) is 20.3 Å². The molecule has 2 unspecified atom stereocenters. The number of halogens is 1. The van der Waals surface area contributed by atoms with Gasteiger partial charge in [-0.2, -0.15) is 0 Å². The van der Waals surface area contributed by atoms with E-state index in [4.69, 9.17) is 16.3 Å². The average Bonchev–Trinajstić information content (AvgIpc) is 2.85. The Balaban J connectivity index is 1.53. The van der Waals surface area contributed by atoms with Gasteiger partial charge in [-0.15, -0.1) is 0 Å². The molecule has 182 valence electrons. The number of nitrogens with one attached hydrogen (secondary N) is 1. The molecule has 2 aromatic carbocycles. The number of aliphatic hydroxyl groups is 1. The average molecular weight is 502 g/mol. The van der Waals surface area contributed by atoms with Crippen LogP contribution in [0.4, 0.5) is 4.79 Å². The molecule has 0 radical (unpaired) electrons. The summed E-state index contributed by atoms with van der Waals surface area (Å²) >= 11 is 8.21. The molecular formula is C27H32ClNO4S. The second-order valence-corrected chi connectivity index (χ2v) is 10.2. The molecule has 2 atom stereocenters. The summed E-state index contributed by atoms with van der Waals surface area (Å²) in [6.07, 6.45) is 11.1. The van der Waals surface area contributed by atoms with E-state index in [1.54, 1.807) is 18.7 Å². The van der Waals surface area contributed by atoms with Crippen LogP contribution >= 0.6 is 23.4 Å². The number of amides is 1. The molecule has 7 heteroatoms. The molecular weight excluding hydrogens is 470 g/mol. The Labute approximate surface area is 211 Å². The predicted octanol–water partition coefficient (Wildman–Crippen LogP) is 6.43. The van der Waals surface area contributed by atoms with Gasteiger partial charge < -0.3 is 19.9 Å². The smallest absolute Gasteiger partial charge is 0.407 e. The third-order valence-corrected chi connectivity index (χ3v) is 7.04. The lowest BCUT2D eigenvalue weighted by Crippen LogP contribution is -2.48.